The van der Waals surface area contributed by atoms with Crippen LogP contribution in [0.5, 0.6) is 0 Å². The van der Waals surface area contributed by atoms with Crippen molar-refractivity contribution in [2.24, 2.45) is 0 Å². The third-order valence-electron chi connectivity index (χ3n) is 4.91. The van der Waals surface area contributed by atoms with Gasteiger partial charge in [0.25, 0.3) is 5.91 Å². The molecule has 2 aliphatic rings. The average Bonchev–Trinajstić information content (AvgIpc) is 3.29. The number of hydrogen-bond donors (Lipinski definition) is 1. The standard InChI is InChI=1S/C19H23N3OS/c23-19(17-12-15-5-1-2-6-16(15)24-17)21-13-14-7-8-20-18(11-14)22-9-3-4-10-22/h7-8,11-12H,1-6,9-10,13H2,(H,21,23). The van der Waals surface area contributed by atoms with E-state index in [4.69, 9.17) is 0 Å². The molecule has 2 aromatic rings. The van der Waals surface area contributed by atoms with Gasteiger partial charge >= 0.3 is 0 Å². The largest absolute Gasteiger partial charge is 0.357 e. The number of rotatable bonds is 4. The third kappa shape index (κ3) is 3.31. The Bertz CT molecular complexity index is 710. The lowest BCUT2D eigenvalue weighted by Crippen LogP contribution is -2.23. The molecular weight excluding hydrogens is 318 g/mol. The molecule has 24 heavy (non-hydrogen) atoms. The number of carbonyl (C=O) groups is 1. The fraction of sp³-hybridized carbons (Fsp3) is 0.474. The summed E-state index contributed by atoms with van der Waals surface area (Å²) in [7, 11) is 0. The molecule has 0 aromatic carbocycles. The zero-order valence-corrected chi connectivity index (χ0v) is 14.7. The van der Waals surface area contributed by atoms with E-state index >= 15 is 0 Å². The lowest BCUT2D eigenvalue weighted by molar-refractivity contribution is 0.0955. The Kier molecular flexibility index (Phi) is 4.52. The first-order valence-corrected chi connectivity index (χ1v) is 9.71. The maximum atomic E-state index is 12.5. The highest BCUT2D eigenvalue weighted by Crippen LogP contribution is 2.29. The van der Waals surface area contributed by atoms with E-state index in [1.54, 1.807) is 11.3 Å². The molecule has 0 unspecified atom stereocenters. The van der Waals surface area contributed by atoms with Gasteiger partial charge in [-0.2, -0.15) is 0 Å². The molecular formula is C19H23N3OS. The van der Waals surface area contributed by atoms with Crippen LogP contribution in [0.2, 0.25) is 0 Å². The Hall–Kier alpha value is -1.88. The van der Waals surface area contributed by atoms with Crippen molar-refractivity contribution in [2.75, 3.05) is 18.0 Å². The van der Waals surface area contributed by atoms with Crippen LogP contribution in [0.3, 0.4) is 0 Å². The summed E-state index contributed by atoms with van der Waals surface area (Å²) in [5.74, 6) is 1.08. The van der Waals surface area contributed by atoms with Gasteiger partial charge in [0.05, 0.1) is 4.88 Å². The fourth-order valence-corrected chi connectivity index (χ4v) is 4.73. The van der Waals surface area contributed by atoms with Crippen LogP contribution in [0.15, 0.2) is 24.4 Å². The second kappa shape index (κ2) is 6.93. The minimum Gasteiger partial charge on any atom is -0.357 e. The van der Waals surface area contributed by atoms with E-state index in [9.17, 15) is 4.79 Å². The highest BCUT2D eigenvalue weighted by Gasteiger charge is 2.17. The van der Waals surface area contributed by atoms with E-state index in [1.807, 2.05) is 12.3 Å². The number of aromatic nitrogens is 1. The molecule has 126 valence electrons. The van der Waals surface area contributed by atoms with E-state index < -0.39 is 0 Å². The predicted molar refractivity (Wildman–Crippen MR) is 97.8 cm³/mol. The van der Waals surface area contributed by atoms with E-state index in [0.29, 0.717) is 6.54 Å². The van der Waals surface area contributed by atoms with Gasteiger partial charge in [0.15, 0.2) is 0 Å². The molecule has 0 spiro atoms. The first kappa shape index (κ1) is 15.6. The number of aryl methyl sites for hydroxylation is 2. The normalized spacial score (nSPS) is 16.9. The van der Waals surface area contributed by atoms with Crippen molar-refractivity contribution < 1.29 is 4.79 Å². The highest BCUT2D eigenvalue weighted by molar-refractivity contribution is 7.14. The molecule has 0 atom stereocenters. The lowest BCUT2D eigenvalue weighted by Gasteiger charge is -2.16. The van der Waals surface area contributed by atoms with E-state index in [0.717, 1.165) is 42.2 Å². The number of fused-ring (bicyclic) bond motifs is 1. The number of carbonyl (C=O) groups excluding carboxylic acids is 1. The molecule has 4 nitrogen and oxygen atoms in total. The van der Waals surface area contributed by atoms with Gasteiger partial charge in [0.1, 0.15) is 5.82 Å². The van der Waals surface area contributed by atoms with Gasteiger partial charge in [-0.15, -0.1) is 11.3 Å². The van der Waals surface area contributed by atoms with Crippen molar-refractivity contribution in [3.63, 3.8) is 0 Å². The number of thiophene rings is 1. The van der Waals surface area contributed by atoms with Crippen LogP contribution in [0.1, 0.15) is 51.4 Å². The molecule has 0 bridgehead atoms. The summed E-state index contributed by atoms with van der Waals surface area (Å²) in [6, 6.07) is 6.18. The molecule has 0 radical (unpaired) electrons. The van der Waals surface area contributed by atoms with Crippen LogP contribution in [-0.4, -0.2) is 24.0 Å². The minimum absolute atomic E-state index is 0.0499. The molecule has 1 fully saturated rings. The minimum atomic E-state index is 0.0499. The van der Waals surface area contributed by atoms with Gasteiger partial charge in [-0.1, -0.05) is 0 Å². The Labute approximate surface area is 146 Å². The molecule has 3 heterocycles. The summed E-state index contributed by atoms with van der Waals surface area (Å²) in [6.07, 6.45) is 9.10. The molecule has 1 saturated heterocycles. The van der Waals surface area contributed by atoms with Crippen molar-refractivity contribution >= 4 is 23.1 Å². The average molecular weight is 341 g/mol. The van der Waals surface area contributed by atoms with Gasteiger partial charge in [0.2, 0.25) is 0 Å². The molecule has 4 rings (SSSR count). The van der Waals surface area contributed by atoms with E-state index in [-0.39, 0.29) is 5.91 Å². The Balaban J connectivity index is 1.40. The molecule has 1 aliphatic heterocycles. The van der Waals surface area contributed by atoms with Crippen LogP contribution in [0.4, 0.5) is 5.82 Å². The molecule has 0 saturated carbocycles. The smallest absolute Gasteiger partial charge is 0.261 e. The van der Waals surface area contributed by atoms with Gasteiger partial charge in [-0.3, -0.25) is 4.79 Å². The Morgan fingerprint density at radius 3 is 2.83 bits per heavy atom. The Morgan fingerprint density at radius 2 is 2.00 bits per heavy atom. The summed E-state index contributed by atoms with van der Waals surface area (Å²) in [6.45, 7) is 2.73. The summed E-state index contributed by atoms with van der Waals surface area (Å²) in [4.78, 5) is 21.5. The maximum Gasteiger partial charge on any atom is 0.261 e. The van der Waals surface area contributed by atoms with Crippen molar-refractivity contribution in [1.29, 1.82) is 0 Å². The molecule has 1 amide bonds. The highest BCUT2D eigenvalue weighted by atomic mass is 32.1. The summed E-state index contributed by atoms with van der Waals surface area (Å²) in [5.41, 5.74) is 2.50. The van der Waals surface area contributed by atoms with Crippen LogP contribution in [0, 0.1) is 0 Å². The zero-order valence-electron chi connectivity index (χ0n) is 13.9. The first-order chi connectivity index (χ1) is 11.8. The molecule has 1 aliphatic carbocycles. The molecule has 5 heteroatoms. The molecule has 2 aromatic heterocycles. The van der Waals surface area contributed by atoms with Gasteiger partial charge in [0, 0.05) is 30.7 Å². The van der Waals surface area contributed by atoms with Crippen molar-refractivity contribution in [3.05, 3.63) is 45.3 Å². The first-order valence-electron chi connectivity index (χ1n) is 8.89. The fourth-order valence-electron chi connectivity index (χ4n) is 3.56. The van der Waals surface area contributed by atoms with Gasteiger partial charge in [-0.05, 0) is 67.9 Å². The van der Waals surface area contributed by atoms with E-state index in [1.165, 1.54) is 36.1 Å². The van der Waals surface area contributed by atoms with Crippen LogP contribution in [-0.2, 0) is 19.4 Å². The second-order valence-corrected chi connectivity index (χ2v) is 7.80. The molecule has 1 N–H and O–H groups in total. The number of nitrogens with one attached hydrogen (secondary N) is 1. The van der Waals surface area contributed by atoms with Crippen LogP contribution < -0.4 is 10.2 Å². The topological polar surface area (TPSA) is 45.2 Å². The maximum absolute atomic E-state index is 12.5. The SMILES string of the molecule is O=C(NCc1ccnc(N2CCCC2)c1)c1cc2c(s1)CCCC2. The van der Waals surface area contributed by atoms with E-state index in [2.05, 4.69) is 27.3 Å². The van der Waals surface area contributed by atoms with Crippen molar-refractivity contribution in [2.45, 2.75) is 45.1 Å². The third-order valence-corrected chi connectivity index (χ3v) is 6.15. The van der Waals surface area contributed by atoms with Gasteiger partial charge < -0.3 is 10.2 Å². The number of pyridine rings is 1. The lowest BCUT2D eigenvalue weighted by atomic mass is 9.99. The van der Waals surface area contributed by atoms with Crippen LogP contribution >= 0.6 is 11.3 Å². The number of hydrogen-bond acceptors (Lipinski definition) is 4. The monoisotopic (exact) mass is 341 g/mol. The summed E-state index contributed by atoms with van der Waals surface area (Å²) < 4.78 is 0. The number of nitrogens with zero attached hydrogens (tertiary/aromatic N) is 2. The predicted octanol–water partition coefficient (Wildman–Crippen LogP) is 3.55. The summed E-state index contributed by atoms with van der Waals surface area (Å²) >= 11 is 1.67. The Morgan fingerprint density at radius 1 is 1.17 bits per heavy atom. The van der Waals surface area contributed by atoms with Crippen LogP contribution in [0.25, 0.3) is 0 Å². The number of amides is 1. The van der Waals surface area contributed by atoms with Gasteiger partial charge in [-0.25, -0.2) is 4.98 Å². The van der Waals surface area contributed by atoms with Crippen molar-refractivity contribution in [1.82, 2.24) is 10.3 Å². The summed E-state index contributed by atoms with van der Waals surface area (Å²) in [5, 5.41) is 3.07. The zero-order chi connectivity index (χ0) is 16.4. The number of anilines is 1. The second-order valence-electron chi connectivity index (χ2n) is 6.67. The quantitative estimate of drug-likeness (QED) is 0.925. The van der Waals surface area contributed by atoms with Crippen molar-refractivity contribution in [3.8, 4) is 0 Å².